The molecular weight excluding hydrogens is 379 g/mol. The Bertz CT molecular complexity index is 796. The molecule has 2 aromatic rings. The largest absolute Gasteiger partial charge is 0.368 e. The van der Waals surface area contributed by atoms with Crippen LogP contribution in [0.3, 0.4) is 0 Å². The van der Waals surface area contributed by atoms with E-state index in [2.05, 4.69) is 32.5 Å². The van der Waals surface area contributed by atoms with Gasteiger partial charge >= 0.3 is 0 Å². The van der Waals surface area contributed by atoms with E-state index < -0.39 is 0 Å². The van der Waals surface area contributed by atoms with Crippen LogP contribution in [0, 0.1) is 11.7 Å². The van der Waals surface area contributed by atoms with E-state index in [1.165, 1.54) is 36.7 Å². The summed E-state index contributed by atoms with van der Waals surface area (Å²) in [5.41, 5.74) is 6.40. The molecule has 1 saturated carbocycles. The Labute approximate surface area is 168 Å². The number of nitrogens with zero attached hydrogens (tertiary/aromatic N) is 3. The van der Waals surface area contributed by atoms with E-state index in [0.29, 0.717) is 29.1 Å². The lowest BCUT2D eigenvalue weighted by Crippen LogP contribution is -2.38. The number of amides is 1. The number of anilines is 3. The maximum atomic E-state index is 13.0. The number of carbonyl (C=O) groups is 1. The van der Waals surface area contributed by atoms with E-state index in [4.69, 9.17) is 5.73 Å². The van der Waals surface area contributed by atoms with E-state index >= 15 is 0 Å². The first kappa shape index (κ1) is 20.3. The summed E-state index contributed by atoms with van der Waals surface area (Å²) in [5, 5.41) is 6.08. The maximum Gasteiger partial charge on any atom is 0.232 e. The molecule has 1 fully saturated rings. The predicted octanol–water partition coefficient (Wildman–Crippen LogP) is 3.26. The van der Waals surface area contributed by atoms with Gasteiger partial charge in [0.15, 0.2) is 0 Å². The van der Waals surface area contributed by atoms with Gasteiger partial charge in [-0.3, -0.25) is 4.79 Å². The van der Waals surface area contributed by atoms with Gasteiger partial charge in [0.25, 0.3) is 0 Å². The molecule has 0 aliphatic heterocycles. The number of hydrogen-bond acceptors (Lipinski definition) is 7. The number of aromatic nitrogens is 3. The molecule has 1 aliphatic rings. The average molecular weight is 405 g/mol. The van der Waals surface area contributed by atoms with Crippen molar-refractivity contribution < 1.29 is 9.18 Å². The number of nitrogens with two attached hydrogens (primary N) is 1. The quantitative estimate of drug-likeness (QED) is 0.650. The summed E-state index contributed by atoms with van der Waals surface area (Å²) in [5.74, 6) is 2.13. The highest BCUT2D eigenvalue weighted by Crippen LogP contribution is 2.23. The molecule has 0 saturated heterocycles. The van der Waals surface area contributed by atoms with E-state index in [-0.39, 0.29) is 23.6 Å². The molecular formula is C19H25FN6OS. The van der Waals surface area contributed by atoms with Crippen LogP contribution in [0.4, 0.5) is 22.0 Å². The highest BCUT2D eigenvalue weighted by molar-refractivity contribution is 7.99. The molecule has 0 radical (unpaired) electrons. The van der Waals surface area contributed by atoms with Crippen LogP contribution in [0.15, 0.2) is 24.3 Å². The van der Waals surface area contributed by atoms with Gasteiger partial charge < -0.3 is 16.4 Å². The van der Waals surface area contributed by atoms with E-state index in [1.54, 1.807) is 12.1 Å². The maximum absolute atomic E-state index is 13.0. The first-order chi connectivity index (χ1) is 13.5. The van der Waals surface area contributed by atoms with Gasteiger partial charge in [0.2, 0.25) is 17.8 Å². The van der Waals surface area contributed by atoms with Crippen LogP contribution >= 0.6 is 11.8 Å². The normalized spacial score (nSPS) is 19.2. The molecule has 1 amide bonds. The fourth-order valence-electron chi connectivity index (χ4n) is 3.13. The second kappa shape index (κ2) is 9.68. The van der Waals surface area contributed by atoms with Gasteiger partial charge in [-0.05, 0) is 55.9 Å². The van der Waals surface area contributed by atoms with Gasteiger partial charge in [0.05, 0.1) is 11.5 Å². The van der Waals surface area contributed by atoms with Crippen molar-refractivity contribution in [3.05, 3.63) is 35.9 Å². The van der Waals surface area contributed by atoms with E-state index in [9.17, 15) is 9.18 Å². The molecule has 3 rings (SSSR count). The third-order valence-electron chi connectivity index (χ3n) is 4.64. The number of thioether (sulfide) groups is 1. The van der Waals surface area contributed by atoms with Crippen molar-refractivity contribution in [3.63, 3.8) is 0 Å². The summed E-state index contributed by atoms with van der Waals surface area (Å²) in [4.78, 5) is 24.6. The first-order valence-electron chi connectivity index (χ1n) is 9.38. The minimum Gasteiger partial charge on any atom is -0.368 e. The van der Waals surface area contributed by atoms with Gasteiger partial charge in [-0.15, -0.1) is 11.8 Å². The van der Waals surface area contributed by atoms with Gasteiger partial charge in [-0.2, -0.15) is 15.0 Å². The summed E-state index contributed by atoms with van der Waals surface area (Å²) in [6.07, 6.45) is 4.46. The van der Waals surface area contributed by atoms with Crippen LogP contribution in [0.5, 0.6) is 0 Å². The first-order valence-corrected chi connectivity index (χ1v) is 10.5. The zero-order valence-electron chi connectivity index (χ0n) is 15.8. The van der Waals surface area contributed by atoms with Crippen molar-refractivity contribution in [3.8, 4) is 0 Å². The van der Waals surface area contributed by atoms with Crippen LogP contribution in [0.1, 0.15) is 38.4 Å². The molecule has 0 spiro atoms. The second-order valence-corrected chi connectivity index (χ2v) is 8.07. The van der Waals surface area contributed by atoms with Crippen LogP contribution in [-0.4, -0.2) is 32.7 Å². The Hall–Kier alpha value is -2.42. The molecule has 1 aromatic heterocycles. The molecule has 150 valence electrons. The Balaban J connectivity index is 1.48. The molecule has 0 bridgehead atoms. The summed E-state index contributed by atoms with van der Waals surface area (Å²) >= 11 is 1.43. The molecule has 0 atom stereocenters. The number of carbonyl (C=O) groups excluding carboxylic acids is 1. The number of hydrogen-bond donors (Lipinski definition) is 3. The third-order valence-corrected chi connectivity index (χ3v) is 5.57. The number of nitrogen functional groups attached to an aromatic ring is 1. The summed E-state index contributed by atoms with van der Waals surface area (Å²) in [6, 6.07) is 6.15. The lowest BCUT2D eigenvalue weighted by atomic mass is 9.87. The average Bonchev–Trinajstić information content (AvgIpc) is 2.65. The highest BCUT2D eigenvalue weighted by atomic mass is 32.2. The lowest BCUT2D eigenvalue weighted by Gasteiger charge is -2.26. The van der Waals surface area contributed by atoms with Crippen LogP contribution in [0.25, 0.3) is 0 Å². The summed E-state index contributed by atoms with van der Waals surface area (Å²) in [7, 11) is 0. The van der Waals surface area contributed by atoms with Gasteiger partial charge in [-0.1, -0.05) is 6.92 Å². The van der Waals surface area contributed by atoms with Crippen molar-refractivity contribution in [2.75, 3.05) is 16.8 Å². The Morgan fingerprint density at radius 3 is 2.61 bits per heavy atom. The highest BCUT2D eigenvalue weighted by Gasteiger charge is 2.19. The third kappa shape index (κ3) is 6.33. The zero-order valence-corrected chi connectivity index (χ0v) is 16.6. The topological polar surface area (TPSA) is 106 Å². The predicted molar refractivity (Wildman–Crippen MR) is 110 cm³/mol. The van der Waals surface area contributed by atoms with Gasteiger partial charge in [0, 0.05) is 11.7 Å². The fourth-order valence-corrected chi connectivity index (χ4v) is 3.81. The number of rotatable bonds is 7. The van der Waals surface area contributed by atoms with Crippen LogP contribution < -0.4 is 16.4 Å². The van der Waals surface area contributed by atoms with Gasteiger partial charge in [-0.25, -0.2) is 4.39 Å². The van der Waals surface area contributed by atoms with Crippen molar-refractivity contribution in [1.29, 1.82) is 0 Å². The smallest absolute Gasteiger partial charge is 0.232 e. The minimum atomic E-state index is -0.321. The lowest BCUT2D eigenvalue weighted by molar-refractivity contribution is -0.119. The summed E-state index contributed by atoms with van der Waals surface area (Å²) in [6.45, 7) is 2.26. The Morgan fingerprint density at radius 1 is 1.18 bits per heavy atom. The summed E-state index contributed by atoms with van der Waals surface area (Å²) < 4.78 is 13.0. The molecule has 1 aromatic carbocycles. The molecule has 1 heterocycles. The molecule has 0 unspecified atom stereocenters. The second-order valence-electron chi connectivity index (χ2n) is 7.08. The van der Waals surface area contributed by atoms with Crippen molar-refractivity contribution in [2.24, 2.45) is 5.92 Å². The SMILES string of the molecule is CC1CCC(NC(=O)CSCc2nc(N)nc(Nc3ccc(F)cc3)n2)CC1. The number of benzene rings is 1. The minimum absolute atomic E-state index is 0.0382. The molecule has 4 N–H and O–H groups in total. The molecule has 1 aliphatic carbocycles. The Kier molecular flexibility index (Phi) is 7.02. The van der Waals surface area contributed by atoms with Crippen LogP contribution in [-0.2, 0) is 10.5 Å². The Morgan fingerprint density at radius 2 is 1.89 bits per heavy atom. The molecule has 9 heteroatoms. The van der Waals surface area contributed by atoms with Gasteiger partial charge in [0.1, 0.15) is 11.6 Å². The van der Waals surface area contributed by atoms with E-state index in [0.717, 1.165) is 18.8 Å². The van der Waals surface area contributed by atoms with E-state index in [1.807, 2.05) is 0 Å². The molecule has 28 heavy (non-hydrogen) atoms. The van der Waals surface area contributed by atoms with Crippen LogP contribution in [0.2, 0.25) is 0 Å². The standard InChI is InChI=1S/C19H25FN6OS/c1-12-2-6-14(7-3-12)22-17(27)11-28-10-16-24-18(21)26-19(25-16)23-15-8-4-13(20)5-9-15/h4-5,8-9,12,14H,2-3,6-7,10-11H2,1H3,(H,22,27)(H3,21,23,24,25,26). The molecule has 7 nitrogen and oxygen atoms in total. The van der Waals surface area contributed by atoms with Crippen molar-refractivity contribution >= 4 is 35.3 Å². The zero-order chi connectivity index (χ0) is 19.9. The monoisotopic (exact) mass is 404 g/mol. The number of nitrogens with one attached hydrogen (secondary N) is 2. The van der Waals surface area contributed by atoms with Crippen molar-refractivity contribution in [2.45, 2.75) is 44.4 Å². The number of halogens is 1. The van der Waals surface area contributed by atoms with Crippen molar-refractivity contribution in [1.82, 2.24) is 20.3 Å². The fraction of sp³-hybridized carbons (Fsp3) is 0.474.